The Morgan fingerprint density at radius 1 is 1.20 bits per heavy atom. The molecule has 0 unspecified atom stereocenters. The molecule has 14 heteroatoms. The molecule has 0 bridgehead atoms. The van der Waals surface area contributed by atoms with E-state index in [1.54, 1.807) is 32.2 Å². The number of hydrogen-bond acceptors (Lipinski definition) is 7. The summed E-state index contributed by atoms with van der Waals surface area (Å²) < 4.78 is 74.0. The summed E-state index contributed by atoms with van der Waals surface area (Å²) in [5.41, 5.74) is 1.08. The number of carbonyl (C=O) groups excluding carboxylic acids is 2. The molecule has 41 heavy (non-hydrogen) atoms. The number of rotatable bonds is 8. The number of amides is 2. The first-order chi connectivity index (χ1) is 19.2. The highest BCUT2D eigenvalue weighted by Crippen LogP contribution is 2.33. The van der Waals surface area contributed by atoms with Gasteiger partial charge < -0.3 is 19.7 Å². The van der Waals surface area contributed by atoms with Crippen molar-refractivity contribution in [1.82, 2.24) is 9.62 Å². The lowest BCUT2D eigenvalue weighted by molar-refractivity contribution is -0.274. The van der Waals surface area contributed by atoms with Gasteiger partial charge in [-0.05, 0) is 61.2 Å². The number of halogens is 3. The number of piperidine rings is 1. The normalized spacial score (nSPS) is 17.5. The summed E-state index contributed by atoms with van der Waals surface area (Å²) >= 11 is 0. The topological polar surface area (TPSA) is 118 Å². The first kappa shape index (κ1) is 30.2. The fourth-order valence-corrected chi connectivity index (χ4v) is 5.79. The highest BCUT2D eigenvalue weighted by atomic mass is 32.2. The van der Waals surface area contributed by atoms with Gasteiger partial charge in [0.05, 0.1) is 0 Å². The molecule has 10 nitrogen and oxygen atoms in total. The number of amidine groups is 1. The number of methoxy groups -OCH3 is 1. The van der Waals surface area contributed by atoms with Crippen molar-refractivity contribution in [3.05, 3.63) is 64.6 Å². The quantitative estimate of drug-likeness (QED) is 0.502. The van der Waals surface area contributed by atoms with Crippen LogP contribution in [0.15, 0.2) is 52.9 Å². The molecular formula is C27H29F3N4O6S. The van der Waals surface area contributed by atoms with Crippen LogP contribution in [0.5, 0.6) is 5.75 Å². The van der Waals surface area contributed by atoms with Gasteiger partial charge in [-0.15, -0.1) is 13.2 Å². The van der Waals surface area contributed by atoms with Crippen LogP contribution in [-0.4, -0.2) is 76.1 Å². The Kier molecular flexibility index (Phi) is 8.57. The van der Waals surface area contributed by atoms with Gasteiger partial charge in [-0.3, -0.25) is 14.6 Å². The average molecular weight is 595 g/mol. The van der Waals surface area contributed by atoms with Crippen molar-refractivity contribution in [1.29, 1.82) is 0 Å². The number of carbonyl (C=O) groups is 2. The molecule has 220 valence electrons. The zero-order chi connectivity index (χ0) is 30.0. The van der Waals surface area contributed by atoms with Crippen LogP contribution in [0.4, 0.5) is 18.9 Å². The largest absolute Gasteiger partial charge is 0.573 e. The van der Waals surface area contributed by atoms with E-state index in [1.807, 2.05) is 0 Å². The van der Waals surface area contributed by atoms with E-state index in [4.69, 9.17) is 4.74 Å². The second-order valence-electron chi connectivity index (χ2n) is 9.70. The predicted molar refractivity (Wildman–Crippen MR) is 146 cm³/mol. The van der Waals surface area contributed by atoms with Crippen LogP contribution < -0.4 is 15.0 Å². The number of ether oxygens (including phenoxy) is 2. The van der Waals surface area contributed by atoms with Crippen molar-refractivity contribution >= 4 is 39.4 Å². The third-order valence-corrected chi connectivity index (χ3v) is 8.50. The molecule has 0 atom stereocenters. The number of benzene rings is 2. The minimum atomic E-state index is -4.86. The molecule has 1 fully saturated rings. The molecular weight excluding hydrogens is 565 g/mol. The molecule has 2 aromatic carbocycles. The Labute approximate surface area is 235 Å². The van der Waals surface area contributed by atoms with E-state index in [1.165, 1.54) is 34.5 Å². The molecule has 0 aliphatic carbocycles. The van der Waals surface area contributed by atoms with Gasteiger partial charge in [0.25, 0.3) is 11.8 Å². The molecule has 0 aromatic heterocycles. The fraction of sp³-hybridized carbons (Fsp3) is 0.370. The molecule has 2 amide bonds. The predicted octanol–water partition coefficient (Wildman–Crippen LogP) is 3.21. The number of nitrogens with one attached hydrogen (secondary N) is 1. The Morgan fingerprint density at radius 2 is 1.90 bits per heavy atom. The maximum atomic E-state index is 13.1. The number of hydrogen-bond donors (Lipinski definition) is 1. The summed E-state index contributed by atoms with van der Waals surface area (Å²) in [6.07, 6.45) is -3.19. The van der Waals surface area contributed by atoms with Crippen LogP contribution >= 0.6 is 0 Å². The summed E-state index contributed by atoms with van der Waals surface area (Å²) in [4.78, 5) is 30.8. The first-order valence-corrected chi connectivity index (χ1v) is 14.1. The second-order valence-corrected chi connectivity index (χ2v) is 11.5. The molecule has 2 heterocycles. The van der Waals surface area contributed by atoms with Crippen molar-refractivity contribution in [2.45, 2.75) is 31.7 Å². The Bertz CT molecular complexity index is 1500. The van der Waals surface area contributed by atoms with Gasteiger partial charge >= 0.3 is 6.36 Å². The van der Waals surface area contributed by atoms with Crippen LogP contribution in [0.2, 0.25) is 0 Å². The van der Waals surface area contributed by atoms with Gasteiger partial charge in [0, 0.05) is 43.9 Å². The number of likely N-dealkylation sites (N-methyl/N-ethyl adjacent to an activating group) is 1. The maximum absolute atomic E-state index is 13.1. The van der Waals surface area contributed by atoms with Crippen LogP contribution in [0.1, 0.15) is 29.5 Å². The second kappa shape index (κ2) is 11.6. The van der Waals surface area contributed by atoms with Crippen molar-refractivity contribution in [2.24, 2.45) is 4.99 Å². The summed E-state index contributed by atoms with van der Waals surface area (Å²) in [5, 5.41) is 3.71. The van der Waals surface area contributed by atoms with Crippen molar-refractivity contribution in [2.75, 3.05) is 38.8 Å². The Balaban J connectivity index is 1.43. The zero-order valence-corrected chi connectivity index (χ0v) is 23.4. The summed E-state index contributed by atoms with van der Waals surface area (Å²) in [7, 11) is -0.777. The van der Waals surface area contributed by atoms with E-state index in [9.17, 15) is 31.2 Å². The van der Waals surface area contributed by atoms with E-state index in [0.29, 0.717) is 11.3 Å². The summed E-state index contributed by atoms with van der Waals surface area (Å²) in [5.74, 6) is -1.01. The molecule has 0 radical (unpaired) electrons. The zero-order valence-electron chi connectivity index (χ0n) is 22.6. The Morgan fingerprint density at radius 3 is 2.54 bits per heavy atom. The highest BCUT2D eigenvalue weighted by molar-refractivity contribution is 7.92. The molecule has 1 spiro atoms. The van der Waals surface area contributed by atoms with Gasteiger partial charge in [-0.1, -0.05) is 18.2 Å². The molecule has 2 aliphatic heterocycles. The lowest BCUT2D eigenvalue weighted by Gasteiger charge is -2.34. The third kappa shape index (κ3) is 6.94. The van der Waals surface area contributed by atoms with E-state index in [-0.39, 0.29) is 49.8 Å². The number of nitrogens with zero attached hydrogens (tertiary/aromatic N) is 3. The number of aliphatic imine (C=N–C) groups is 1. The number of sulfonamides is 1. The van der Waals surface area contributed by atoms with Gasteiger partial charge in [-0.25, -0.2) is 8.42 Å². The monoisotopic (exact) mass is 594 g/mol. The van der Waals surface area contributed by atoms with Crippen LogP contribution in [0.3, 0.4) is 0 Å². The third-order valence-electron chi connectivity index (χ3n) is 6.93. The lowest BCUT2D eigenvalue weighted by Crippen LogP contribution is -2.50. The lowest BCUT2D eigenvalue weighted by atomic mass is 9.89. The number of alkyl halides is 3. The van der Waals surface area contributed by atoms with Crippen LogP contribution in [0.25, 0.3) is 6.08 Å². The highest BCUT2D eigenvalue weighted by Gasteiger charge is 2.47. The minimum absolute atomic E-state index is 0.0262. The van der Waals surface area contributed by atoms with Gasteiger partial charge in [0.2, 0.25) is 10.0 Å². The van der Waals surface area contributed by atoms with Crippen LogP contribution in [0, 0.1) is 6.92 Å². The molecule has 4 rings (SSSR count). The standard InChI is InChI=1S/C27H29F3N4O6S/c1-18-15-21(33(2)23(35)17-39-3)8-7-19(18)9-14-41(37,38)34-12-10-26(11-13-34)25(36)31-24(32-26)20-5-4-6-22(16-20)40-27(28,29)30/h4-9,14-16H,10-13,17H2,1-3H3,(H,31,32,36). The summed E-state index contributed by atoms with van der Waals surface area (Å²) in [6, 6.07) is 10.3. The molecule has 2 aliphatic rings. The van der Waals surface area contributed by atoms with Crippen molar-refractivity contribution in [3.63, 3.8) is 0 Å². The molecule has 1 saturated heterocycles. The van der Waals surface area contributed by atoms with Crippen molar-refractivity contribution < 1.29 is 40.7 Å². The minimum Gasteiger partial charge on any atom is -0.406 e. The van der Waals surface area contributed by atoms with Gasteiger partial charge in [-0.2, -0.15) is 4.31 Å². The van der Waals surface area contributed by atoms with Gasteiger partial charge in [0.1, 0.15) is 23.7 Å². The summed E-state index contributed by atoms with van der Waals surface area (Å²) in [6.45, 7) is 1.79. The van der Waals surface area contributed by atoms with Crippen LogP contribution in [-0.2, 0) is 24.3 Å². The molecule has 2 aromatic rings. The van der Waals surface area contributed by atoms with Gasteiger partial charge in [0.15, 0.2) is 0 Å². The smallest absolute Gasteiger partial charge is 0.406 e. The fourth-order valence-electron chi connectivity index (χ4n) is 4.61. The SMILES string of the molecule is COCC(=O)N(C)c1ccc(C=CS(=O)(=O)N2CCC3(CC2)N=C(c2cccc(OC(F)(F)F)c2)NC3=O)c(C)c1. The number of anilines is 1. The molecule has 0 saturated carbocycles. The van der Waals surface area contributed by atoms with E-state index >= 15 is 0 Å². The van der Waals surface area contributed by atoms with E-state index in [2.05, 4.69) is 15.0 Å². The Hall–Kier alpha value is -3.75. The first-order valence-electron chi connectivity index (χ1n) is 12.5. The van der Waals surface area contributed by atoms with E-state index < -0.39 is 33.6 Å². The molecule has 1 N–H and O–H groups in total. The average Bonchev–Trinajstić information content (AvgIpc) is 3.22. The van der Waals surface area contributed by atoms with Crippen molar-refractivity contribution in [3.8, 4) is 5.75 Å². The van der Waals surface area contributed by atoms with E-state index in [0.717, 1.165) is 23.1 Å². The maximum Gasteiger partial charge on any atom is 0.573 e. The number of aryl methyl sites for hydroxylation is 1.